The Bertz CT molecular complexity index is 1470. The lowest BCUT2D eigenvalue weighted by Gasteiger charge is -2.16. The average molecular weight is 535 g/mol. The van der Waals surface area contributed by atoms with Crippen LogP contribution in [-0.4, -0.2) is 40.1 Å². The zero-order valence-electron chi connectivity index (χ0n) is 18.4. The van der Waals surface area contributed by atoms with Crippen LogP contribution in [0.15, 0.2) is 76.5 Å². The fourth-order valence-corrected chi connectivity index (χ4v) is 6.47. The Morgan fingerprint density at radius 3 is 2.14 bits per heavy atom. The predicted octanol–water partition coefficient (Wildman–Crippen LogP) is 3.76. The van der Waals surface area contributed by atoms with Gasteiger partial charge in [-0.05, 0) is 67.4 Å². The second-order valence-electron chi connectivity index (χ2n) is 7.92. The van der Waals surface area contributed by atoms with E-state index in [4.69, 9.17) is 17.3 Å². The van der Waals surface area contributed by atoms with E-state index in [1.54, 1.807) is 18.2 Å². The van der Waals surface area contributed by atoms with Crippen LogP contribution in [0.25, 0.3) is 0 Å². The second kappa shape index (κ2) is 9.86. The molecule has 4 N–H and O–H groups in total. The number of nitrogens with one attached hydrogen (secondary N) is 2. The number of nitrogen functional groups attached to an aromatic ring is 1. The molecule has 0 radical (unpaired) electrons. The summed E-state index contributed by atoms with van der Waals surface area (Å²) < 4.78 is 54.8. The molecule has 1 saturated heterocycles. The molecule has 0 bridgehead atoms. The van der Waals surface area contributed by atoms with Crippen molar-refractivity contribution in [3.63, 3.8) is 0 Å². The van der Waals surface area contributed by atoms with E-state index in [0.29, 0.717) is 13.1 Å². The van der Waals surface area contributed by atoms with Gasteiger partial charge in [0.1, 0.15) is 0 Å². The van der Waals surface area contributed by atoms with E-state index >= 15 is 0 Å². The van der Waals surface area contributed by atoms with Crippen molar-refractivity contribution in [2.75, 3.05) is 28.9 Å². The minimum absolute atomic E-state index is 0.0887. The van der Waals surface area contributed by atoms with Gasteiger partial charge in [0.25, 0.3) is 15.9 Å². The predicted molar refractivity (Wildman–Crippen MR) is 136 cm³/mol. The Kier molecular flexibility index (Phi) is 7.04. The first kappa shape index (κ1) is 25.0. The molecule has 35 heavy (non-hydrogen) atoms. The number of anilines is 3. The Hall–Kier alpha value is -3.12. The zero-order chi connectivity index (χ0) is 25.2. The van der Waals surface area contributed by atoms with Crippen molar-refractivity contribution in [3.05, 3.63) is 77.3 Å². The third kappa shape index (κ3) is 5.43. The highest BCUT2D eigenvalue weighted by Gasteiger charge is 2.27. The maximum Gasteiger partial charge on any atom is 0.262 e. The number of halogens is 1. The molecule has 9 nitrogen and oxygen atoms in total. The zero-order valence-corrected chi connectivity index (χ0v) is 20.8. The number of carbonyl (C=O) groups excluding carboxylic acids is 1. The van der Waals surface area contributed by atoms with Crippen LogP contribution in [0.3, 0.4) is 0 Å². The van der Waals surface area contributed by atoms with Gasteiger partial charge >= 0.3 is 0 Å². The lowest BCUT2D eigenvalue weighted by atomic mass is 10.2. The van der Waals surface area contributed by atoms with Gasteiger partial charge in [-0.15, -0.1) is 0 Å². The molecule has 1 aliphatic heterocycles. The number of hydrogen-bond donors (Lipinski definition) is 3. The van der Waals surface area contributed by atoms with Gasteiger partial charge in [0.2, 0.25) is 10.0 Å². The van der Waals surface area contributed by atoms with Crippen LogP contribution < -0.4 is 15.8 Å². The lowest BCUT2D eigenvalue weighted by molar-refractivity contribution is 0.102. The normalized spacial score (nSPS) is 14.5. The molecule has 184 valence electrons. The van der Waals surface area contributed by atoms with Gasteiger partial charge in [-0.1, -0.05) is 23.7 Å². The van der Waals surface area contributed by atoms with E-state index in [0.717, 1.165) is 12.8 Å². The molecular weight excluding hydrogens is 512 g/mol. The average Bonchev–Trinajstić information content (AvgIpc) is 3.38. The smallest absolute Gasteiger partial charge is 0.262 e. The molecule has 3 aromatic rings. The first-order valence-corrected chi connectivity index (χ1v) is 14.0. The van der Waals surface area contributed by atoms with E-state index in [9.17, 15) is 21.6 Å². The van der Waals surface area contributed by atoms with E-state index in [-0.39, 0.29) is 37.4 Å². The summed E-state index contributed by atoms with van der Waals surface area (Å²) in [5, 5.41) is 2.82. The van der Waals surface area contributed by atoms with Crippen molar-refractivity contribution >= 4 is 54.6 Å². The lowest BCUT2D eigenvalue weighted by Crippen LogP contribution is -2.27. The van der Waals surface area contributed by atoms with Crippen molar-refractivity contribution in [1.82, 2.24) is 4.31 Å². The molecule has 12 heteroatoms. The number of sulfonamides is 2. The summed E-state index contributed by atoms with van der Waals surface area (Å²) in [6.45, 7) is 0.961. The van der Waals surface area contributed by atoms with Gasteiger partial charge in [0.05, 0.1) is 31.9 Å². The quantitative estimate of drug-likeness (QED) is 0.394. The molecule has 0 aliphatic carbocycles. The molecule has 1 aliphatic rings. The highest BCUT2D eigenvalue weighted by molar-refractivity contribution is 7.92. The molecule has 0 spiro atoms. The van der Waals surface area contributed by atoms with Crippen LogP contribution in [0.5, 0.6) is 0 Å². The van der Waals surface area contributed by atoms with Crippen LogP contribution in [0.2, 0.25) is 5.02 Å². The Morgan fingerprint density at radius 1 is 0.857 bits per heavy atom. The number of para-hydroxylation sites is 1. The van der Waals surface area contributed by atoms with E-state index in [1.807, 2.05) is 0 Å². The largest absolute Gasteiger partial charge is 0.397 e. The van der Waals surface area contributed by atoms with Crippen molar-refractivity contribution in [2.24, 2.45) is 0 Å². The molecule has 4 rings (SSSR count). The van der Waals surface area contributed by atoms with Crippen LogP contribution in [0.4, 0.5) is 17.1 Å². The molecular formula is C23H23ClN4O5S2. The highest BCUT2D eigenvalue weighted by Crippen LogP contribution is 2.28. The number of carbonyl (C=O) groups is 1. The first-order valence-electron chi connectivity index (χ1n) is 10.7. The van der Waals surface area contributed by atoms with E-state index in [2.05, 4.69) is 10.0 Å². The minimum atomic E-state index is -4.02. The van der Waals surface area contributed by atoms with Gasteiger partial charge in [-0.3, -0.25) is 9.52 Å². The summed E-state index contributed by atoms with van der Waals surface area (Å²) in [5.41, 5.74) is 6.59. The molecule has 0 saturated carbocycles. The first-order chi connectivity index (χ1) is 16.6. The summed E-state index contributed by atoms with van der Waals surface area (Å²) in [4.78, 5) is 12.7. The van der Waals surface area contributed by atoms with Gasteiger partial charge in [0, 0.05) is 18.7 Å². The number of nitrogens with zero attached hydrogens (tertiary/aromatic N) is 1. The van der Waals surface area contributed by atoms with Crippen LogP contribution in [0.1, 0.15) is 23.2 Å². The molecule has 3 aromatic carbocycles. The summed E-state index contributed by atoms with van der Waals surface area (Å²) in [7, 11) is -7.62. The van der Waals surface area contributed by atoms with Crippen molar-refractivity contribution < 1.29 is 21.6 Å². The summed E-state index contributed by atoms with van der Waals surface area (Å²) in [5.74, 6) is -0.574. The second-order valence-corrected chi connectivity index (χ2v) is 12.0. The van der Waals surface area contributed by atoms with Gasteiger partial charge < -0.3 is 11.1 Å². The monoisotopic (exact) mass is 534 g/mol. The molecule has 0 unspecified atom stereocenters. The van der Waals surface area contributed by atoms with Crippen LogP contribution >= 0.6 is 11.6 Å². The molecule has 0 atom stereocenters. The van der Waals surface area contributed by atoms with Crippen LogP contribution in [0, 0.1) is 0 Å². The molecule has 0 aromatic heterocycles. The fourth-order valence-electron chi connectivity index (χ4n) is 3.61. The van der Waals surface area contributed by atoms with Gasteiger partial charge in [-0.2, -0.15) is 4.31 Å². The number of rotatable bonds is 7. The number of nitrogens with two attached hydrogens (primary N) is 1. The van der Waals surface area contributed by atoms with Gasteiger partial charge in [0.15, 0.2) is 0 Å². The Morgan fingerprint density at radius 2 is 1.49 bits per heavy atom. The maximum atomic E-state index is 12.8. The summed E-state index contributed by atoms with van der Waals surface area (Å²) in [6.07, 6.45) is 1.65. The van der Waals surface area contributed by atoms with Crippen molar-refractivity contribution in [1.29, 1.82) is 0 Å². The van der Waals surface area contributed by atoms with E-state index in [1.165, 1.54) is 52.8 Å². The molecule has 1 fully saturated rings. The third-order valence-electron chi connectivity index (χ3n) is 5.52. The molecule has 1 heterocycles. The van der Waals surface area contributed by atoms with Gasteiger partial charge in [-0.25, -0.2) is 16.8 Å². The highest BCUT2D eigenvalue weighted by atomic mass is 35.5. The van der Waals surface area contributed by atoms with Crippen molar-refractivity contribution in [2.45, 2.75) is 22.6 Å². The Balaban J connectivity index is 1.53. The maximum absolute atomic E-state index is 12.8. The summed E-state index contributed by atoms with van der Waals surface area (Å²) >= 11 is 6.04. The topological polar surface area (TPSA) is 139 Å². The van der Waals surface area contributed by atoms with E-state index < -0.39 is 26.0 Å². The number of benzene rings is 3. The van der Waals surface area contributed by atoms with Crippen molar-refractivity contribution in [3.8, 4) is 0 Å². The number of hydrogen-bond acceptors (Lipinski definition) is 6. The SMILES string of the molecule is Nc1ccc(S(=O)(=O)Nc2ccccc2Cl)cc1NC(=O)c1ccc(S(=O)(=O)N2CCCC2)cc1. The Labute approximate surface area is 209 Å². The minimum Gasteiger partial charge on any atom is -0.397 e. The number of amides is 1. The molecule has 1 amide bonds. The van der Waals surface area contributed by atoms with Crippen LogP contribution in [-0.2, 0) is 20.0 Å². The third-order valence-corrected chi connectivity index (χ3v) is 9.13. The summed E-state index contributed by atoms with van der Waals surface area (Å²) in [6, 6.07) is 15.8. The fraction of sp³-hybridized carbons (Fsp3) is 0.174. The standard InChI is InChI=1S/C23H23ClN4O5S2/c24-19-5-1-2-6-21(19)27-34(30,31)18-11-12-20(25)22(15-18)26-23(29)16-7-9-17(10-8-16)35(32,33)28-13-3-4-14-28/h1-2,5-12,15,27H,3-4,13-14,25H2,(H,26,29).